The lowest BCUT2D eigenvalue weighted by molar-refractivity contribution is 0.389. The van der Waals surface area contributed by atoms with Crippen molar-refractivity contribution in [3.8, 4) is 0 Å². The molecule has 14 heavy (non-hydrogen) atoms. The number of hydrogen-bond acceptors (Lipinski definition) is 2. The molecule has 1 saturated heterocycles. The first-order chi connectivity index (χ1) is 6.84. The quantitative estimate of drug-likeness (QED) is 0.779. The van der Waals surface area contributed by atoms with Gasteiger partial charge in [-0.05, 0) is 30.5 Å². The van der Waals surface area contributed by atoms with E-state index in [0.29, 0.717) is 6.04 Å². The number of fused-ring (bicyclic) bond motifs is 1. The molecule has 1 unspecified atom stereocenters. The van der Waals surface area contributed by atoms with Crippen molar-refractivity contribution >= 4 is 33.0 Å². The van der Waals surface area contributed by atoms with E-state index in [4.69, 9.17) is 11.6 Å². The third kappa shape index (κ3) is 1.26. The Balaban J connectivity index is 2.15. The molecule has 1 atom stereocenters. The molecule has 2 aromatic rings. The molecule has 0 aliphatic carbocycles. The normalized spacial score (nSPS) is 21.1. The van der Waals surface area contributed by atoms with Gasteiger partial charge in [0.15, 0.2) is 0 Å². The minimum Gasteiger partial charge on any atom is -0.309 e. The summed E-state index contributed by atoms with van der Waals surface area (Å²) in [5, 5.41) is 5.55. The Hall–Kier alpha value is -0.570. The van der Waals surface area contributed by atoms with Crippen LogP contribution in [0.3, 0.4) is 0 Å². The van der Waals surface area contributed by atoms with Gasteiger partial charge in [0.25, 0.3) is 0 Å². The molecule has 0 radical (unpaired) electrons. The van der Waals surface area contributed by atoms with Crippen LogP contribution in [0.15, 0.2) is 24.3 Å². The maximum absolute atomic E-state index is 6.13. The van der Waals surface area contributed by atoms with Crippen molar-refractivity contribution in [1.29, 1.82) is 0 Å². The van der Waals surface area contributed by atoms with E-state index >= 15 is 0 Å². The molecule has 0 spiro atoms. The van der Waals surface area contributed by atoms with Crippen molar-refractivity contribution in [1.82, 2.24) is 5.32 Å². The summed E-state index contributed by atoms with van der Waals surface area (Å²) in [5.41, 5.74) is 0. The predicted octanol–water partition coefficient (Wildman–Crippen LogP) is 3.59. The van der Waals surface area contributed by atoms with Gasteiger partial charge in [0.05, 0.1) is 9.72 Å². The lowest BCUT2D eigenvalue weighted by Gasteiger charge is -2.26. The number of thiophene rings is 1. The largest absolute Gasteiger partial charge is 0.309 e. The molecule has 1 N–H and O–H groups in total. The first-order valence-corrected chi connectivity index (χ1v) is 5.95. The van der Waals surface area contributed by atoms with E-state index in [1.807, 2.05) is 23.5 Å². The van der Waals surface area contributed by atoms with Gasteiger partial charge < -0.3 is 5.32 Å². The molecule has 3 rings (SSSR count). The molecule has 3 heteroatoms. The van der Waals surface area contributed by atoms with Crippen molar-refractivity contribution in [3.05, 3.63) is 34.2 Å². The number of benzene rings is 1. The summed E-state index contributed by atoms with van der Waals surface area (Å²) in [6.07, 6.45) is 1.25. The second-order valence-corrected chi connectivity index (χ2v) is 5.09. The third-order valence-electron chi connectivity index (χ3n) is 2.68. The van der Waals surface area contributed by atoms with Crippen molar-refractivity contribution in [3.63, 3.8) is 0 Å². The van der Waals surface area contributed by atoms with E-state index in [9.17, 15) is 0 Å². The highest BCUT2D eigenvalue weighted by molar-refractivity contribution is 7.19. The van der Waals surface area contributed by atoms with Crippen LogP contribution in [0.25, 0.3) is 10.1 Å². The molecule has 1 nitrogen and oxygen atoms in total. The average molecular weight is 224 g/mol. The number of rotatable bonds is 1. The fourth-order valence-corrected chi connectivity index (χ4v) is 3.22. The van der Waals surface area contributed by atoms with E-state index in [-0.39, 0.29) is 0 Å². The Morgan fingerprint density at radius 3 is 2.93 bits per heavy atom. The van der Waals surface area contributed by atoms with Crippen LogP contribution in [-0.4, -0.2) is 6.54 Å². The first kappa shape index (κ1) is 8.72. The number of hydrogen-bond donors (Lipinski definition) is 1. The van der Waals surface area contributed by atoms with Crippen molar-refractivity contribution < 1.29 is 0 Å². The molecule has 1 fully saturated rings. The van der Waals surface area contributed by atoms with Gasteiger partial charge in [-0.1, -0.05) is 23.7 Å². The summed E-state index contributed by atoms with van der Waals surface area (Å²) in [5.74, 6) is 0. The Labute approximate surface area is 91.7 Å². The van der Waals surface area contributed by atoms with E-state index in [1.165, 1.54) is 21.4 Å². The second kappa shape index (κ2) is 3.23. The standard InChI is InChI=1S/C11H10ClNS/c12-8-3-1-2-7-6-10(14-11(7)8)9-4-5-13-9/h1-3,6,9,13H,4-5H2. The molecule has 1 aliphatic rings. The average Bonchev–Trinajstić information content (AvgIpc) is 2.46. The van der Waals surface area contributed by atoms with Gasteiger partial charge >= 0.3 is 0 Å². The molecule has 0 amide bonds. The minimum atomic E-state index is 0.573. The highest BCUT2D eigenvalue weighted by Gasteiger charge is 2.20. The molecule has 1 aliphatic heterocycles. The lowest BCUT2D eigenvalue weighted by atomic mass is 10.1. The molecule has 0 bridgehead atoms. The number of nitrogens with one attached hydrogen (secondary N) is 1. The van der Waals surface area contributed by atoms with Gasteiger partial charge in [0.2, 0.25) is 0 Å². The highest BCUT2D eigenvalue weighted by Crippen LogP contribution is 2.37. The number of halogens is 1. The molecule has 2 heterocycles. The Kier molecular flexibility index (Phi) is 2.01. The van der Waals surface area contributed by atoms with Crippen LogP contribution < -0.4 is 5.32 Å². The summed E-state index contributed by atoms with van der Waals surface area (Å²) in [6.45, 7) is 1.15. The van der Waals surface area contributed by atoms with E-state index in [1.54, 1.807) is 0 Å². The Morgan fingerprint density at radius 2 is 2.29 bits per heavy atom. The van der Waals surface area contributed by atoms with Crippen LogP contribution in [0.2, 0.25) is 5.02 Å². The zero-order chi connectivity index (χ0) is 9.54. The smallest absolute Gasteiger partial charge is 0.0584 e. The third-order valence-corrected chi connectivity index (χ3v) is 4.41. The van der Waals surface area contributed by atoms with Gasteiger partial charge in [-0.15, -0.1) is 11.3 Å². The lowest BCUT2D eigenvalue weighted by Crippen LogP contribution is -2.34. The fraction of sp³-hybridized carbons (Fsp3) is 0.273. The highest BCUT2D eigenvalue weighted by atomic mass is 35.5. The van der Waals surface area contributed by atoms with Gasteiger partial charge in [0.1, 0.15) is 0 Å². The maximum atomic E-state index is 6.13. The first-order valence-electron chi connectivity index (χ1n) is 4.76. The molecule has 0 saturated carbocycles. The minimum absolute atomic E-state index is 0.573. The topological polar surface area (TPSA) is 12.0 Å². The van der Waals surface area contributed by atoms with Crippen molar-refractivity contribution in [2.45, 2.75) is 12.5 Å². The Bertz CT molecular complexity index is 473. The van der Waals surface area contributed by atoms with Crippen molar-refractivity contribution in [2.75, 3.05) is 6.54 Å². The fourth-order valence-electron chi connectivity index (χ4n) is 1.75. The monoisotopic (exact) mass is 223 g/mol. The van der Waals surface area contributed by atoms with Crippen LogP contribution in [0.4, 0.5) is 0 Å². The zero-order valence-electron chi connectivity index (χ0n) is 7.59. The van der Waals surface area contributed by atoms with Gasteiger partial charge in [-0.25, -0.2) is 0 Å². The second-order valence-electron chi connectivity index (χ2n) is 3.60. The van der Waals surface area contributed by atoms with Crippen LogP contribution in [0.1, 0.15) is 17.3 Å². The van der Waals surface area contributed by atoms with E-state index < -0.39 is 0 Å². The van der Waals surface area contributed by atoms with Crippen LogP contribution in [-0.2, 0) is 0 Å². The van der Waals surface area contributed by atoms with Crippen LogP contribution in [0.5, 0.6) is 0 Å². The summed E-state index contributed by atoms with van der Waals surface area (Å²) >= 11 is 7.94. The van der Waals surface area contributed by atoms with E-state index in [2.05, 4.69) is 17.4 Å². The predicted molar refractivity (Wildman–Crippen MR) is 62.2 cm³/mol. The van der Waals surface area contributed by atoms with Crippen molar-refractivity contribution in [2.24, 2.45) is 0 Å². The summed E-state index contributed by atoms with van der Waals surface area (Å²) in [7, 11) is 0. The molecule has 1 aromatic carbocycles. The molecular formula is C11H10ClNS. The summed E-state index contributed by atoms with van der Waals surface area (Å²) in [4.78, 5) is 1.42. The summed E-state index contributed by atoms with van der Waals surface area (Å²) < 4.78 is 1.22. The van der Waals surface area contributed by atoms with E-state index in [0.717, 1.165) is 11.6 Å². The van der Waals surface area contributed by atoms with Gasteiger partial charge in [0, 0.05) is 10.9 Å². The maximum Gasteiger partial charge on any atom is 0.0584 e. The van der Waals surface area contributed by atoms with Gasteiger partial charge in [-0.3, -0.25) is 0 Å². The van der Waals surface area contributed by atoms with Gasteiger partial charge in [-0.2, -0.15) is 0 Å². The summed E-state index contributed by atoms with van der Waals surface area (Å²) in [6, 6.07) is 8.92. The zero-order valence-corrected chi connectivity index (χ0v) is 9.16. The molecular weight excluding hydrogens is 214 g/mol. The SMILES string of the molecule is Clc1cccc2cc(C3CCN3)sc12. The van der Waals surface area contributed by atoms with Crippen LogP contribution >= 0.6 is 22.9 Å². The van der Waals surface area contributed by atoms with Crippen LogP contribution in [0, 0.1) is 0 Å². The molecule has 1 aromatic heterocycles. The molecule has 72 valence electrons. The Morgan fingerprint density at radius 1 is 1.43 bits per heavy atom.